The van der Waals surface area contributed by atoms with Gasteiger partial charge < -0.3 is 19.7 Å². The number of hydrogen-bond donors (Lipinski definition) is 1. The fraction of sp³-hybridized carbons (Fsp3) is 0.632. The van der Waals surface area contributed by atoms with Gasteiger partial charge in [-0.2, -0.15) is 0 Å². The van der Waals surface area contributed by atoms with Gasteiger partial charge in [-0.15, -0.1) is 0 Å². The zero-order valence-corrected chi connectivity index (χ0v) is 14.9. The molecule has 2 amide bonds. The minimum atomic E-state index is 0.0394. The molecular formula is C19H27N3O3. The molecule has 6 heteroatoms. The van der Waals surface area contributed by atoms with Crippen molar-refractivity contribution in [1.29, 1.82) is 0 Å². The summed E-state index contributed by atoms with van der Waals surface area (Å²) in [5.74, 6) is 1.54. The Morgan fingerprint density at radius 3 is 3.00 bits per heavy atom. The van der Waals surface area contributed by atoms with Crippen LogP contribution < -0.4 is 14.8 Å². The van der Waals surface area contributed by atoms with E-state index in [-0.39, 0.29) is 12.8 Å². The lowest BCUT2D eigenvalue weighted by Gasteiger charge is -2.33. The van der Waals surface area contributed by atoms with Crippen LogP contribution in [-0.4, -0.2) is 54.3 Å². The van der Waals surface area contributed by atoms with Gasteiger partial charge in [-0.25, -0.2) is 4.79 Å². The molecule has 0 aliphatic carbocycles. The second kappa shape index (κ2) is 7.12. The molecule has 0 saturated carbocycles. The third kappa shape index (κ3) is 3.40. The first-order valence-electron chi connectivity index (χ1n) is 9.42. The summed E-state index contributed by atoms with van der Waals surface area (Å²) in [5, 5.41) is 3.29. The second-order valence-electron chi connectivity index (χ2n) is 7.15. The summed E-state index contributed by atoms with van der Waals surface area (Å²) in [7, 11) is 0. The minimum Gasteiger partial charge on any atom is -0.454 e. The standard InChI is InChI=1S/C19H27N3O3/c1-2-21(12-14-6-7-17-18(11-14)25-13-24-17)19(23)20-15-8-10-22-9-4-3-5-16(15)22/h6-7,11,15-16H,2-5,8-10,12-13H2,1H3,(H,20,23)/t15-,16-/m1/s1. The number of benzene rings is 1. The van der Waals surface area contributed by atoms with E-state index < -0.39 is 0 Å². The van der Waals surface area contributed by atoms with E-state index in [1.165, 1.54) is 25.8 Å². The molecule has 3 aliphatic rings. The molecule has 2 atom stereocenters. The first kappa shape index (κ1) is 16.5. The van der Waals surface area contributed by atoms with Crippen LogP contribution in [0.4, 0.5) is 4.79 Å². The third-order valence-corrected chi connectivity index (χ3v) is 5.64. The number of urea groups is 1. The van der Waals surface area contributed by atoms with Crippen molar-refractivity contribution in [2.24, 2.45) is 0 Å². The van der Waals surface area contributed by atoms with Crippen molar-refractivity contribution >= 4 is 6.03 Å². The fourth-order valence-electron chi connectivity index (χ4n) is 4.25. The van der Waals surface area contributed by atoms with Crippen molar-refractivity contribution in [3.63, 3.8) is 0 Å². The lowest BCUT2D eigenvalue weighted by atomic mass is 9.99. The lowest BCUT2D eigenvalue weighted by Crippen LogP contribution is -2.50. The Bertz CT molecular complexity index is 636. The van der Waals surface area contributed by atoms with E-state index in [0.717, 1.165) is 30.0 Å². The van der Waals surface area contributed by atoms with Crippen LogP contribution in [0.25, 0.3) is 0 Å². The molecule has 2 fully saturated rings. The molecular weight excluding hydrogens is 318 g/mol. The monoisotopic (exact) mass is 345 g/mol. The van der Waals surface area contributed by atoms with Crippen LogP contribution in [0.2, 0.25) is 0 Å². The van der Waals surface area contributed by atoms with Gasteiger partial charge in [-0.1, -0.05) is 12.5 Å². The SMILES string of the molecule is CCN(Cc1ccc2c(c1)OCO2)C(=O)N[C@@H]1CCN2CCCC[C@H]12. The number of nitrogens with one attached hydrogen (secondary N) is 1. The molecule has 1 aromatic rings. The van der Waals surface area contributed by atoms with Gasteiger partial charge in [0.25, 0.3) is 0 Å². The van der Waals surface area contributed by atoms with Gasteiger partial charge >= 0.3 is 6.03 Å². The Morgan fingerprint density at radius 1 is 1.24 bits per heavy atom. The van der Waals surface area contributed by atoms with Crippen LogP contribution in [0.15, 0.2) is 18.2 Å². The molecule has 0 radical (unpaired) electrons. The van der Waals surface area contributed by atoms with Crippen LogP contribution in [0.5, 0.6) is 11.5 Å². The average molecular weight is 345 g/mol. The minimum absolute atomic E-state index is 0.0394. The molecule has 1 aromatic carbocycles. The highest BCUT2D eigenvalue weighted by molar-refractivity contribution is 5.74. The number of carbonyl (C=O) groups is 1. The summed E-state index contributed by atoms with van der Waals surface area (Å²) in [6.45, 7) is 5.86. The second-order valence-corrected chi connectivity index (χ2v) is 7.15. The zero-order valence-electron chi connectivity index (χ0n) is 14.9. The Hall–Kier alpha value is -1.95. The maximum Gasteiger partial charge on any atom is 0.317 e. The Balaban J connectivity index is 1.38. The quantitative estimate of drug-likeness (QED) is 0.911. The average Bonchev–Trinajstić information content (AvgIpc) is 3.26. The molecule has 0 spiro atoms. The van der Waals surface area contributed by atoms with Crippen molar-refractivity contribution in [1.82, 2.24) is 15.1 Å². The highest BCUT2D eigenvalue weighted by Gasteiger charge is 2.36. The highest BCUT2D eigenvalue weighted by atomic mass is 16.7. The number of amides is 2. The van der Waals surface area contributed by atoms with E-state index in [1.807, 2.05) is 30.0 Å². The zero-order chi connectivity index (χ0) is 17.2. The topological polar surface area (TPSA) is 54.0 Å². The lowest BCUT2D eigenvalue weighted by molar-refractivity contribution is 0.167. The Labute approximate surface area is 149 Å². The number of fused-ring (bicyclic) bond motifs is 2. The number of piperidine rings is 1. The van der Waals surface area contributed by atoms with Crippen LogP contribution in [-0.2, 0) is 6.54 Å². The Morgan fingerprint density at radius 2 is 2.12 bits per heavy atom. The molecule has 136 valence electrons. The Kier molecular flexibility index (Phi) is 4.70. The van der Waals surface area contributed by atoms with Crippen molar-refractivity contribution in [3.8, 4) is 11.5 Å². The third-order valence-electron chi connectivity index (χ3n) is 5.64. The number of nitrogens with zero attached hydrogens (tertiary/aromatic N) is 2. The smallest absolute Gasteiger partial charge is 0.317 e. The van der Waals surface area contributed by atoms with Crippen molar-refractivity contribution in [2.45, 2.75) is 51.2 Å². The first-order chi connectivity index (χ1) is 12.2. The summed E-state index contributed by atoms with van der Waals surface area (Å²) in [6.07, 6.45) is 4.85. The summed E-state index contributed by atoms with van der Waals surface area (Å²) < 4.78 is 10.8. The van der Waals surface area contributed by atoms with E-state index in [1.54, 1.807) is 0 Å². The van der Waals surface area contributed by atoms with E-state index in [9.17, 15) is 4.79 Å². The van der Waals surface area contributed by atoms with Gasteiger partial charge in [-0.05, 0) is 50.4 Å². The maximum absolute atomic E-state index is 12.8. The molecule has 0 aromatic heterocycles. The van der Waals surface area contributed by atoms with E-state index >= 15 is 0 Å². The summed E-state index contributed by atoms with van der Waals surface area (Å²) in [4.78, 5) is 17.2. The summed E-state index contributed by atoms with van der Waals surface area (Å²) in [5.41, 5.74) is 1.06. The van der Waals surface area contributed by atoms with Gasteiger partial charge in [0.15, 0.2) is 11.5 Å². The molecule has 4 rings (SSSR count). The number of rotatable bonds is 4. The molecule has 6 nitrogen and oxygen atoms in total. The van der Waals surface area contributed by atoms with Crippen LogP contribution >= 0.6 is 0 Å². The fourth-order valence-corrected chi connectivity index (χ4v) is 4.25. The van der Waals surface area contributed by atoms with Crippen LogP contribution in [0.1, 0.15) is 38.2 Å². The van der Waals surface area contributed by atoms with Gasteiger partial charge in [0.05, 0.1) is 0 Å². The number of hydrogen-bond acceptors (Lipinski definition) is 4. The molecule has 0 unspecified atom stereocenters. The van der Waals surface area contributed by atoms with Crippen molar-refractivity contribution in [3.05, 3.63) is 23.8 Å². The van der Waals surface area contributed by atoms with E-state index in [0.29, 0.717) is 25.2 Å². The van der Waals surface area contributed by atoms with Crippen molar-refractivity contribution < 1.29 is 14.3 Å². The van der Waals surface area contributed by atoms with Crippen LogP contribution in [0.3, 0.4) is 0 Å². The first-order valence-corrected chi connectivity index (χ1v) is 9.42. The van der Waals surface area contributed by atoms with Crippen LogP contribution in [0, 0.1) is 0 Å². The van der Waals surface area contributed by atoms with E-state index in [4.69, 9.17) is 9.47 Å². The predicted molar refractivity (Wildman–Crippen MR) is 94.8 cm³/mol. The molecule has 3 heterocycles. The van der Waals surface area contributed by atoms with Crippen molar-refractivity contribution in [2.75, 3.05) is 26.4 Å². The molecule has 1 N–H and O–H groups in total. The van der Waals surface area contributed by atoms with E-state index in [2.05, 4.69) is 10.2 Å². The molecule has 3 aliphatic heterocycles. The molecule has 2 saturated heterocycles. The van der Waals surface area contributed by atoms with Gasteiger partial charge in [0, 0.05) is 31.7 Å². The summed E-state index contributed by atoms with van der Waals surface area (Å²) >= 11 is 0. The number of carbonyl (C=O) groups excluding carboxylic acids is 1. The largest absolute Gasteiger partial charge is 0.454 e. The number of ether oxygens (including phenoxy) is 2. The predicted octanol–water partition coefficient (Wildman–Crippen LogP) is 2.57. The normalized spacial score (nSPS) is 24.8. The highest BCUT2D eigenvalue weighted by Crippen LogP contribution is 2.33. The van der Waals surface area contributed by atoms with Gasteiger partial charge in [-0.3, -0.25) is 4.90 Å². The summed E-state index contributed by atoms with van der Waals surface area (Å²) in [6, 6.07) is 6.75. The molecule has 0 bridgehead atoms. The van der Waals surface area contributed by atoms with Gasteiger partial charge in [0.2, 0.25) is 6.79 Å². The van der Waals surface area contributed by atoms with Gasteiger partial charge in [0.1, 0.15) is 0 Å². The molecule has 25 heavy (non-hydrogen) atoms. The maximum atomic E-state index is 12.8.